The van der Waals surface area contributed by atoms with Crippen molar-refractivity contribution in [3.8, 4) is 0 Å². The van der Waals surface area contributed by atoms with E-state index in [9.17, 15) is 8.42 Å². The van der Waals surface area contributed by atoms with Crippen molar-refractivity contribution < 1.29 is 13.7 Å². The predicted molar refractivity (Wildman–Crippen MR) is 74.2 cm³/mol. The van der Waals surface area contributed by atoms with Gasteiger partial charge in [-0.2, -0.15) is 4.99 Å². The van der Waals surface area contributed by atoms with Gasteiger partial charge in [-0.15, -0.1) is 11.6 Å². The second-order valence-electron chi connectivity index (χ2n) is 4.07. The van der Waals surface area contributed by atoms with Gasteiger partial charge in [-0.1, -0.05) is 12.1 Å². The molecule has 1 atom stereocenters. The minimum atomic E-state index is -3.14. The number of sulfone groups is 1. The van der Waals surface area contributed by atoms with Crippen molar-refractivity contribution in [1.82, 2.24) is 0 Å². The number of benzene rings is 1. The molecule has 7 heteroatoms. The van der Waals surface area contributed by atoms with Gasteiger partial charge in [0.05, 0.1) is 11.1 Å². The van der Waals surface area contributed by atoms with Crippen LogP contribution in [0.25, 0.3) is 0 Å². The van der Waals surface area contributed by atoms with E-state index in [2.05, 4.69) is 4.99 Å². The van der Waals surface area contributed by atoms with Crippen molar-refractivity contribution in [2.75, 3.05) is 5.75 Å². The molecule has 0 saturated carbocycles. The van der Waals surface area contributed by atoms with E-state index in [-0.39, 0.29) is 5.75 Å². The van der Waals surface area contributed by atoms with Crippen LogP contribution in [0.3, 0.4) is 0 Å². The number of fused-ring (bicyclic) bond motifs is 1. The number of nitrogens with two attached hydrogens (primary N) is 1. The summed E-state index contributed by atoms with van der Waals surface area (Å²) in [6.07, 6.45) is 0. The fourth-order valence-corrected chi connectivity index (χ4v) is 5.36. The molecule has 2 aliphatic rings. The molecule has 0 spiro atoms. The molecular formula is C11H10ClN2O2S2+. The van der Waals surface area contributed by atoms with E-state index in [4.69, 9.17) is 11.6 Å². The molecule has 2 N–H and O–H groups in total. The molecule has 94 valence electrons. The fourth-order valence-electron chi connectivity index (χ4n) is 1.84. The van der Waals surface area contributed by atoms with Crippen LogP contribution in [0.2, 0.25) is 0 Å². The number of quaternary nitrogens is 1. The predicted octanol–water partition coefficient (Wildman–Crippen LogP) is 1.49. The summed E-state index contributed by atoms with van der Waals surface area (Å²) >= 11 is 7.34. The second kappa shape index (κ2) is 4.38. The third kappa shape index (κ3) is 2.33. The molecule has 18 heavy (non-hydrogen) atoms. The summed E-state index contributed by atoms with van der Waals surface area (Å²) in [5.41, 5.74) is 1.96. The number of nitrogens with zero attached hydrogens (tertiary/aromatic N) is 1. The van der Waals surface area contributed by atoms with Crippen LogP contribution in [0, 0.1) is 0 Å². The van der Waals surface area contributed by atoms with Crippen molar-refractivity contribution in [2.45, 2.75) is 5.38 Å². The summed E-state index contributed by atoms with van der Waals surface area (Å²) in [5, 5.41) is 3.52. The maximum Gasteiger partial charge on any atom is 0.270 e. The number of rotatable bonds is 1. The van der Waals surface area contributed by atoms with Crippen LogP contribution in [0.15, 0.2) is 39.6 Å². The molecule has 0 bridgehead atoms. The lowest BCUT2D eigenvalue weighted by atomic mass is 10.3. The number of alkyl halides is 1. The second-order valence-corrected chi connectivity index (χ2v) is 7.59. The number of halogens is 1. The molecule has 0 radical (unpaired) electrons. The van der Waals surface area contributed by atoms with E-state index >= 15 is 0 Å². The van der Waals surface area contributed by atoms with Crippen molar-refractivity contribution in [3.05, 3.63) is 34.6 Å². The molecule has 2 heterocycles. The van der Waals surface area contributed by atoms with E-state index in [0.717, 1.165) is 16.5 Å². The zero-order valence-electron chi connectivity index (χ0n) is 9.21. The molecule has 0 aliphatic carbocycles. The van der Waals surface area contributed by atoms with Gasteiger partial charge < -0.3 is 0 Å². The normalized spacial score (nSPS) is 24.6. The first-order chi connectivity index (χ1) is 8.53. The van der Waals surface area contributed by atoms with Gasteiger partial charge in [0, 0.05) is 16.4 Å². The molecular weight excluding hydrogens is 292 g/mol. The number of thioether (sulfide) groups is 1. The monoisotopic (exact) mass is 301 g/mol. The SMILES string of the molecule is O=S1(=O)C=C(SC2=Nc3ccccc3[NH2+]2)C(Cl)C1. The Balaban J connectivity index is 1.81. The van der Waals surface area contributed by atoms with Crippen LogP contribution in [-0.4, -0.2) is 24.7 Å². The number of amidine groups is 1. The highest BCUT2D eigenvalue weighted by Crippen LogP contribution is 2.34. The number of hydrogen-bond donors (Lipinski definition) is 1. The van der Waals surface area contributed by atoms with Gasteiger partial charge in [0.2, 0.25) is 0 Å². The molecule has 0 fully saturated rings. The van der Waals surface area contributed by atoms with Gasteiger partial charge in [0.25, 0.3) is 5.17 Å². The zero-order valence-corrected chi connectivity index (χ0v) is 11.6. The third-order valence-electron chi connectivity index (χ3n) is 2.65. The third-order valence-corrected chi connectivity index (χ3v) is 5.97. The highest BCUT2D eigenvalue weighted by Gasteiger charge is 2.31. The minimum Gasteiger partial charge on any atom is -0.257 e. The van der Waals surface area contributed by atoms with E-state index in [1.54, 1.807) is 0 Å². The average Bonchev–Trinajstić information content (AvgIpc) is 2.79. The first-order valence-electron chi connectivity index (χ1n) is 5.32. The van der Waals surface area contributed by atoms with Gasteiger partial charge in [0.15, 0.2) is 15.5 Å². The lowest BCUT2D eigenvalue weighted by Crippen LogP contribution is -2.79. The van der Waals surface area contributed by atoms with Crippen LogP contribution < -0.4 is 5.32 Å². The number of aliphatic imine (C=N–C) groups is 1. The maximum absolute atomic E-state index is 11.4. The lowest BCUT2D eigenvalue weighted by Gasteiger charge is -2.02. The number of allylic oxidation sites excluding steroid dienone is 1. The molecule has 1 aromatic carbocycles. The van der Waals surface area contributed by atoms with E-state index < -0.39 is 15.2 Å². The zero-order chi connectivity index (χ0) is 12.8. The van der Waals surface area contributed by atoms with Gasteiger partial charge in [-0.25, -0.2) is 8.42 Å². The number of hydrogen-bond acceptors (Lipinski definition) is 4. The largest absolute Gasteiger partial charge is 0.270 e. The Kier molecular flexibility index (Phi) is 2.97. The Bertz CT molecular complexity index is 667. The van der Waals surface area contributed by atoms with Gasteiger partial charge in [0.1, 0.15) is 5.69 Å². The number of para-hydroxylation sites is 2. The Morgan fingerprint density at radius 3 is 2.83 bits per heavy atom. The smallest absolute Gasteiger partial charge is 0.257 e. The quantitative estimate of drug-likeness (QED) is 0.631. The van der Waals surface area contributed by atoms with Gasteiger partial charge in [-0.3, -0.25) is 5.32 Å². The Morgan fingerprint density at radius 2 is 2.17 bits per heavy atom. The van der Waals surface area contributed by atoms with Gasteiger partial charge in [-0.05, 0) is 17.8 Å². The summed E-state index contributed by atoms with van der Waals surface area (Å²) in [5.74, 6) is -0.0167. The maximum atomic E-state index is 11.4. The molecule has 2 aliphatic heterocycles. The molecule has 1 unspecified atom stereocenters. The van der Waals surface area contributed by atoms with Crippen molar-refractivity contribution in [2.24, 2.45) is 4.99 Å². The fraction of sp³-hybridized carbons (Fsp3) is 0.182. The molecule has 0 amide bonds. The van der Waals surface area contributed by atoms with Crippen LogP contribution in [0.5, 0.6) is 0 Å². The highest BCUT2D eigenvalue weighted by atomic mass is 35.5. The topological polar surface area (TPSA) is 63.1 Å². The Morgan fingerprint density at radius 1 is 1.39 bits per heavy atom. The molecule has 1 aromatic rings. The standard InChI is InChI=1S/C11H9ClN2O2S2/c12-7-5-18(15,16)6-10(7)17-11-13-8-3-1-2-4-9(8)14-11/h1-4,6-7H,5H2,(H,13,14)/p+1. The summed E-state index contributed by atoms with van der Waals surface area (Å²) in [6, 6.07) is 7.78. The summed E-state index contributed by atoms with van der Waals surface area (Å²) in [4.78, 5) is 5.08. The van der Waals surface area contributed by atoms with Crippen LogP contribution in [0.1, 0.15) is 0 Å². The van der Waals surface area contributed by atoms with Crippen LogP contribution in [-0.2, 0) is 9.84 Å². The van der Waals surface area contributed by atoms with Gasteiger partial charge >= 0.3 is 0 Å². The van der Waals surface area contributed by atoms with Crippen molar-refractivity contribution in [1.29, 1.82) is 0 Å². The molecule has 0 aromatic heterocycles. The minimum absolute atomic E-state index is 0.0167. The van der Waals surface area contributed by atoms with Crippen LogP contribution in [0.4, 0.5) is 11.4 Å². The van der Waals surface area contributed by atoms with E-state index in [1.165, 1.54) is 17.2 Å². The Hall–Kier alpha value is -0.820. The van der Waals surface area contributed by atoms with Crippen LogP contribution >= 0.6 is 23.4 Å². The van der Waals surface area contributed by atoms with E-state index in [0.29, 0.717) is 4.91 Å². The van der Waals surface area contributed by atoms with E-state index in [1.807, 2.05) is 29.6 Å². The Labute approximate surface area is 114 Å². The molecule has 0 saturated heterocycles. The molecule has 3 rings (SSSR count). The molecule has 4 nitrogen and oxygen atoms in total. The lowest BCUT2D eigenvalue weighted by molar-refractivity contribution is -0.432. The summed E-state index contributed by atoms with van der Waals surface area (Å²) in [7, 11) is -3.14. The highest BCUT2D eigenvalue weighted by molar-refractivity contribution is 8.17. The average molecular weight is 302 g/mol. The summed E-state index contributed by atoms with van der Waals surface area (Å²) in [6.45, 7) is 0. The first kappa shape index (κ1) is 12.2. The van der Waals surface area contributed by atoms with Crippen molar-refractivity contribution >= 4 is 49.7 Å². The van der Waals surface area contributed by atoms with Crippen molar-refractivity contribution in [3.63, 3.8) is 0 Å². The first-order valence-corrected chi connectivity index (χ1v) is 8.29. The summed E-state index contributed by atoms with van der Waals surface area (Å²) < 4.78 is 22.8.